The van der Waals surface area contributed by atoms with Crippen molar-refractivity contribution in [3.63, 3.8) is 0 Å². The maximum atomic E-state index is 10.4. The van der Waals surface area contributed by atoms with Gasteiger partial charge in [-0.3, -0.25) is 10.1 Å². The van der Waals surface area contributed by atoms with Crippen LogP contribution in [0.2, 0.25) is 0 Å². The van der Waals surface area contributed by atoms with Crippen LogP contribution >= 0.6 is 0 Å². The normalized spacial score (nSPS) is 18.4. The van der Waals surface area contributed by atoms with Gasteiger partial charge in [-0.2, -0.15) is 0 Å². The molecule has 1 unspecified atom stereocenters. The van der Waals surface area contributed by atoms with E-state index in [1.54, 1.807) is 6.92 Å². The predicted molar refractivity (Wildman–Crippen MR) is 70.6 cm³/mol. The number of nitrogens with one attached hydrogen (secondary N) is 2. The van der Waals surface area contributed by atoms with Gasteiger partial charge in [0.15, 0.2) is 0 Å². The Kier molecular flexibility index (Phi) is 3.74. The average molecular weight is 262 g/mol. The number of urea groups is 1. The van der Waals surface area contributed by atoms with Crippen LogP contribution in [0.25, 0.3) is 0 Å². The smallest absolute Gasteiger partial charge is 0.322 e. The van der Waals surface area contributed by atoms with Gasteiger partial charge in [0.25, 0.3) is 0 Å². The second kappa shape index (κ2) is 5.30. The zero-order valence-corrected chi connectivity index (χ0v) is 11.3. The van der Waals surface area contributed by atoms with Crippen LogP contribution in [0.5, 0.6) is 5.75 Å². The molecule has 1 heterocycles. The Hall–Kier alpha value is -2.04. The number of hydrogen-bond acceptors (Lipinski definition) is 3. The van der Waals surface area contributed by atoms with Crippen molar-refractivity contribution in [2.45, 2.75) is 26.8 Å². The zero-order valence-electron chi connectivity index (χ0n) is 11.3. The highest BCUT2D eigenvalue weighted by atomic mass is 16.5. The van der Waals surface area contributed by atoms with Crippen LogP contribution in [0.1, 0.15) is 20.8 Å². The van der Waals surface area contributed by atoms with Crippen LogP contribution in [-0.4, -0.2) is 24.6 Å². The molecule has 102 valence electrons. The van der Waals surface area contributed by atoms with Gasteiger partial charge >= 0.3 is 6.03 Å². The second-order valence-corrected chi connectivity index (χ2v) is 5.10. The summed E-state index contributed by atoms with van der Waals surface area (Å²) >= 11 is 0. The van der Waals surface area contributed by atoms with Gasteiger partial charge in [0, 0.05) is 5.22 Å². The lowest BCUT2D eigenvalue weighted by Crippen LogP contribution is -2.24. The average Bonchev–Trinajstić information content (AvgIpc) is 2.59. The quantitative estimate of drug-likeness (QED) is 0.824. The summed E-state index contributed by atoms with van der Waals surface area (Å²) in [5.74, 6) is 1.44. The van der Waals surface area contributed by atoms with Crippen LogP contribution in [0.15, 0.2) is 18.2 Å². The number of benzene rings is 1. The Morgan fingerprint density at radius 2 is 2.05 bits per heavy atom. The minimum atomic E-state index is -0.400. The molecule has 0 aromatic heterocycles. The molecule has 3 aliphatic rings. The van der Waals surface area contributed by atoms with Crippen molar-refractivity contribution in [3.8, 4) is 5.75 Å². The second-order valence-electron chi connectivity index (χ2n) is 5.10. The lowest BCUT2D eigenvalue weighted by atomic mass is 10.1. The maximum absolute atomic E-state index is 10.4. The van der Waals surface area contributed by atoms with E-state index < -0.39 is 6.03 Å². The van der Waals surface area contributed by atoms with Crippen molar-refractivity contribution in [2.24, 2.45) is 5.92 Å². The summed E-state index contributed by atoms with van der Waals surface area (Å²) in [7, 11) is 0. The standard InChI is InChI=1S/C10H12O.C4H6N2O2/c1-7(2)6-11-10-5-8-3-4-9(8)10;1-2-3(7)6-4(8)5-2/h3-5,7H,6H2,1-2H3;2H,1H3,(H2,5,6,7,8). The monoisotopic (exact) mass is 262 g/mol. The third-order valence-corrected chi connectivity index (χ3v) is 2.84. The van der Waals surface area contributed by atoms with E-state index in [9.17, 15) is 9.59 Å². The molecule has 1 aliphatic heterocycles. The molecular weight excluding hydrogens is 244 g/mol. The summed E-state index contributed by atoms with van der Waals surface area (Å²) in [4.78, 5) is 20.6. The SMILES string of the molecule is CC(C)COc1cc2ccc1=2.CC1NC(=O)NC1=O. The molecule has 5 nitrogen and oxygen atoms in total. The summed E-state index contributed by atoms with van der Waals surface area (Å²) in [6.07, 6.45) is 0. The minimum Gasteiger partial charge on any atom is -0.493 e. The number of carbonyl (C=O) groups excluding carboxylic acids is 2. The van der Waals surface area contributed by atoms with Crippen molar-refractivity contribution >= 4 is 11.9 Å². The van der Waals surface area contributed by atoms with E-state index in [-0.39, 0.29) is 11.9 Å². The molecule has 3 rings (SSSR count). The van der Waals surface area contributed by atoms with E-state index in [0.29, 0.717) is 5.92 Å². The van der Waals surface area contributed by atoms with E-state index >= 15 is 0 Å². The molecule has 0 aromatic rings. The molecule has 0 aromatic carbocycles. The van der Waals surface area contributed by atoms with E-state index in [1.165, 1.54) is 10.4 Å². The summed E-state index contributed by atoms with van der Waals surface area (Å²) in [5.41, 5.74) is 0. The summed E-state index contributed by atoms with van der Waals surface area (Å²) in [6, 6.07) is 5.55. The van der Waals surface area contributed by atoms with Gasteiger partial charge in [-0.1, -0.05) is 26.0 Å². The van der Waals surface area contributed by atoms with Crippen molar-refractivity contribution < 1.29 is 14.3 Å². The predicted octanol–water partition coefficient (Wildman–Crippen LogP) is 1.54. The molecule has 5 heteroatoms. The Bertz CT molecular complexity index is 595. The fourth-order valence-electron chi connectivity index (χ4n) is 1.65. The molecule has 1 atom stereocenters. The van der Waals surface area contributed by atoms with Gasteiger partial charge in [-0.05, 0) is 24.1 Å². The maximum Gasteiger partial charge on any atom is 0.322 e. The van der Waals surface area contributed by atoms with Crippen LogP contribution in [0, 0.1) is 16.4 Å². The van der Waals surface area contributed by atoms with Crippen LogP contribution in [-0.2, 0) is 4.79 Å². The van der Waals surface area contributed by atoms with Crippen molar-refractivity contribution in [2.75, 3.05) is 6.61 Å². The third-order valence-electron chi connectivity index (χ3n) is 2.84. The fourth-order valence-corrected chi connectivity index (χ4v) is 1.65. The van der Waals surface area contributed by atoms with Crippen LogP contribution in [0.3, 0.4) is 0 Å². The van der Waals surface area contributed by atoms with Crippen molar-refractivity contribution in [1.29, 1.82) is 0 Å². The summed E-state index contributed by atoms with van der Waals surface area (Å²) < 4.78 is 5.53. The highest BCUT2D eigenvalue weighted by Gasteiger charge is 2.24. The van der Waals surface area contributed by atoms with Gasteiger partial charge in [-0.25, -0.2) is 4.79 Å². The topological polar surface area (TPSA) is 67.4 Å². The first-order valence-corrected chi connectivity index (χ1v) is 6.36. The van der Waals surface area contributed by atoms with Crippen molar-refractivity contribution in [3.05, 3.63) is 28.6 Å². The molecule has 19 heavy (non-hydrogen) atoms. The molecule has 3 amide bonds. The Morgan fingerprint density at radius 1 is 1.32 bits per heavy atom. The molecule has 0 bridgehead atoms. The molecule has 0 saturated carbocycles. The van der Waals surface area contributed by atoms with E-state index in [4.69, 9.17) is 4.74 Å². The molecule has 2 N–H and O–H groups in total. The number of imide groups is 1. The largest absolute Gasteiger partial charge is 0.493 e. The van der Waals surface area contributed by atoms with Gasteiger partial charge < -0.3 is 10.1 Å². The van der Waals surface area contributed by atoms with E-state index in [1.807, 2.05) is 0 Å². The summed E-state index contributed by atoms with van der Waals surface area (Å²) in [6.45, 7) is 6.77. The Morgan fingerprint density at radius 3 is 2.32 bits per heavy atom. The van der Waals surface area contributed by atoms with Gasteiger partial charge in [0.05, 0.1) is 6.61 Å². The molecule has 2 aliphatic carbocycles. The lowest BCUT2D eigenvalue weighted by Gasteiger charge is -2.14. The van der Waals surface area contributed by atoms with Gasteiger partial charge in [0.1, 0.15) is 11.8 Å². The van der Waals surface area contributed by atoms with Gasteiger partial charge in [-0.15, -0.1) is 0 Å². The number of rotatable bonds is 3. The fraction of sp³-hybridized carbons (Fsp3) is 0.429. The highest BCUT2D eigenvalue weighted by molar-refractivity contribution is 6.03. The minimum absolute atomic E-state index is 0.255. The first-order valence-electron chi connectivity index (χ1n) is 6.36. The molecule has 0 spiro atoms. The molecule has 1 saturated heterocycles. The van der Waals surface area contributed by atoms with Crippen LogP contribution < -0.4 is 15.4 Å². The highest BCUT2D eigenvalue weighted by Crippen LogP contribution is 2.24. The number of amides is 3. The molecular formula is C14H18N2O3. The first-order chi connectivity index (χ1) is 8.97. The summed E-state index contributed by atoms with van der Waals surface area (Å²) in [5, 5.41) is 7.11. The number of ether oxygens (including phenoxy) is 1. The zero-order chi connectivity index (χ0) is 14.0. The first kappa shape index (κ1) is 13.4. The lowest BCUT2D eigenvalue weighted by molar-refractivity contribution is -0.119. The molecule has 0 radical (unpaired) electrons. The molecule has 1 fully saturated rings. The third kappa shape index (κ3) is 3.05. The van der Waals surface area contributed by atoms with E-state index in [2.05, 4.69) is 42.7 Å². The number of hydrogen-bond donors (Lipinski definition) is 2. The van der Waals surface area contributed by atoms with E-state index in [0.717, 1.165) is 12.4 Å². The Balaban J connectivity index is 0.000000148. The number of carbonyl (C=O) groups is 2. The van der Waals surface area contributed by atoms with Crippen LogP contribution in [0.4, 0.5) is 4.79 Å². The Labute approximate surface area is 111 Å². The van der Waals surface area contributed by atoms with Crippen molar-refractivity contribution in [1.82, 2.24) is 10.6 Å². The van der Waals surface area contributed by atoms with Gasteiger partial charge in [0.2, 0.25) is 5.91 Å².